The molecule has 5 aliphatic heterocycles. The fraction of sp³-hybridized carbons (Fsp3) is 0.882. The molecule has 0 aliphatic carbocycles. The van der Waals surface area contributed by atoms with Gasteiger partial charge < -0.3 is 117 Å². The molecule has 0 saturated carbocycles. The summed E-state index contributed by atoms with van der Waals surface area (Å²) in [5.41, 5.74) is 0. The number of ether oxygens (including phenoxy) is 14. The molecule has 0 radical (unpaired) electrons. The van der Waals surface area contributed by atoms with Crippen LogP contribution < -0.4 is 0 Å². The van der Waals surface area contributed by atoms with Crippen LogP contribution in [0.15, 0.2) is 0 Å². The van der Waals surface area contributed by atoms with Gasteiger partial charge in [-0.15, -0.1) is 0 Å². The number of hydrogen-bond acceptors (Lipinski definition) is 28. The Morgan fingerprint density at radius 2 is 0.532 bits per heavy atom. The van der Waals surface area contributed by atoms with Crippen molar-refractivity contribution in [1.82, 2.24) is 0 Å². The Kier molecular flexibility index (Phi) is 17.6. The standard InChI is InChI=1S/C34H52O28/c1-49-31-15(41)11(37)19-23(59-31)27(45)53-5-9(35)6-54-29(47)25-21(13(39)17(43)33(51-3)61-25)58-22-14(40)18(44)34(52-4)62-26(22)30(48)56-8-10(36)7-55-28(46)24-20(57-19)12(38)16(42)32(50-2)60-24/h9-26,31-44H,5-8H2,1-4H3/t9?,10?,11?,12?,13?,14?,15?,16?,17?,18?,19-,20+,21+,22-,23+,24-,25-,26+,31+,32-,33-,34+. The summed E-state index contributed by atoms with van der Waals surface area (Å²) < 4.78 is 73.8. The van der Waals surface area contributed by atoms with E-state index in [0.717, 1.165) is 28.4 Å². The van der Waals surface area contributed by atoms with Gasteiger partial charge >= 0.3 is 23.9 Å². The first-order valence-electron chi connectivity index (χ1n) is 18.9. The van der Waals surface area contributed by atoms with Crippen molar-refractivity contribution in [3.05, 3.63) is 0 Å². The molecule has 5 aliphatic rings. The van der Waals surface area contributed by atoms with Crippen molar-refractivity contribution in [1.29, 1.82) is 0 Å². The van der Waals surface area contributed by atoms with Crippen molar-refractivity contribution in [3.8, 4) is 0 Å². The zero-order chi connectivity index (χ0) is 45.7. The molecule has 5 heterocycles. The molecular formula is C34H52O28. The molecule has 0 aromatic heterocycles. The van der Waals surface area contributed by atoms with Gasteiger partial charge in [0, 0.05) is 28.4 Å². The lowest BCUT2D eigenvalue weighted by Crippen LogP contribution is -2.67. The first-order valence-corrected chi connectivity index (χ1v) is 18.9. The van der Waals surface area contributed by atoms with E-state index in [4.69, 9.17) is 66.3 Å². The minimum absolute atomic E-state index is 0.989. The third-order valence-electron chi connectivity index (χ3n) is 10.3. The van der Waals surface area contributed by atoms with Crippen LogP contribution in [0.5, 0.6) is 0 Å². The van der Waals surface area contributed by atoms with Crippen LogP contribution in [0.1, 0.15) is 0 Å². The Labute approximate surface area is 350 Å². The maximum atomic E-state index is 13.5. The molecule has 28 nitrogen and oxygen atoms in total. The molecule has 10 unspecified atom stereocenters. The highest BCUT2D eigenvalue weighted by molar-refractivity contribution is 5.78. The second kappa shape index (κ2) is 21.8. The first-order chi connectivity index (χ1) is 29.4. The van der Waals surface area contributed by atoms with Gasteiger partial charge in [-0.1, -0.05) is 0 Å². The number of methoxy groups -OCH3 is 4. The molecule has 5 rings (SSSR count). The number of rotatable bonds is 4. The van der Waals surface area contributed by atoms with E-state index in [9.17, 15) is 70.2 Å². The zero-order valence-corrected chi connectivity index (χ0v) is 33.4. The predicted molar refractivity (Wildman–Crippen MR) is 184 cm³/mol. The van der Waals surface area contributed by atoms with Gasteiger partial charge in [0.25, 0.3) is 0 Å². The molecule has 22 atom stereocenters. The maximum Gasteiger partial charge on any atom is 0.338 e. The molecule has 0 spiro atoms. The molecule has 28 heteroatoms. The quantitative estimate of drug-likeness (QED) is 0.0925. The third-order valence-corrected chi connectivity index (χ3v) is 10.3. The van der Waals surface area contributed by atoms with Gasteiger partial charge in [-0.05, 0) is 0 Å². The Balaban J connectivity index is 1.47. The van der Waals surface area contributed by atoms with Gasteiger partial charge in [0.2, 0.25) is 0 Å². The van der Waals surface area contributed by atoms with Crippen molar-refractivity contribution >= 4 is 23.9 Å². The molecule has 5 saturated heterocycles. The molecule has 0 aromatic rings. The molecule has 62 heavy (non-hydrogen) atoms. The van der Waals surface area contributed by atoms with Gasteiger partial charge in [-0.2, -0.15) is 0 Å². The van der Waals surface area contributed by atoms with Crippen LogP contribution in [-0.4, -0.2) is 265 Å². The number of carbonyl (C=O) groups excluding carboxylic acids is 4. The third kappa shape index (κ3) is 10.8. The van der Waals surface area contributed by atoms with E-state index in [1.807, 2.05) is 0 Å². The molecule has 10 N–H and O–H groups in total. The Morgan fingerprint density at radius 1 is 0.339 bits per heavy atom. The minimum atomic E-state index is -2.12. The summed E-state index contributed by atoms with van der Waals surface area (Å²) in [4.78, 5) is 53.9. The number of fused-ring (bicyclic) bond motifs is 4. The van der Waals surface area contributed by atoms with Crippen LogP contribution in [0.4, 0.5) is 0 Å². The van der Waals surface area contributed by atoms with Crippen molar-refractivity contribution in [2.75, 3.05) is 54.9 Å². The van der Waals surface area contributed by atoms with E-state index in [1.54, 1.807) is 0 Å². The molecule has 5 fully saturated rings. The number of aliphatic hydroxyl groups excluding tert-OH is 10. The van der Waals surface area contributed by atoms with E-state index in [1.165, 1.54) is 0 Å². The summed E-state index contributed by atoms with van der Waals surface area (Å²) in [7, 11) is 4.15. The zero-order valence-electron chi connectivity index (χ0n) is 33.4. The number of esters is 4. The highest BCUT2D eigenvalue weighted by atomic mass is 16.8. The highest BCUT2D eigenvalue weighted by Crippen LogP contribution is 2.34. The van der Waals surface area contributed by atoms with Crippen LogP contribution in [0.2, 0.25) is 0 Å². The number of aliphatic hydroxyl groups is 10. The van der Waals surface area contributed by atoms with E-state index in [2.05, 4.69) is 0 Å². The van der Waals surface area contributed by atoms with Crippen LogP contribution in [0, 0.1) is 0 Å². The Hall–Kier alpha value is -2.92. The summed E-state index contributed by atoms with van der Waals surface area (Å²) in [5, 5.41) is 108. The lowest BCUT2D eigenvalue weighted by molar-refractivity contribution is -0.334. The van der Waals surface area contributed by atoms with Crippen molar-refractivity contribution in [2.45, 2.75) is 135 Å². The predicted octanol–water partition coefficient (Wildman–Crippen LogP) is -9.23. The summed E-state index contributed by atoms with van der Waals surface area (Å²) in [5.74, 6) is -5.70. The first kappa shape index (κ1) is 50.1. The van der Waals surface area contributed by atoms with Crippen LogP contribution in [-0.2, 0) is 85.5 Å². The van der Waals surface area contributed by atoms with Crippen molar-refractivity contribution < 1.29 is 137 Å². The van der Waals surface area contributed by atoms with E-state index >= 15 is 0 Å². The Bertz CT molecular complexity index is 1290. The fourth-order valence-electron chi connectivity index (χ4n) is 6.99. The Morgan fingerprint density at radius 3 is 0.710 bits per heavy atom. The normalized spacial score (nSPS) is 47.1. The average Bonchev–Trinajstić information content (AvgIpc) is 3.26. The van der Waals surface area contributed by atoms with Crippen molar-refractivity contribution in [3.63, 3.8) is 0 Å². The van der Waals surface area contributed by atoms with Gasteiger partial charge in [0.1, 0.15) is 112 Å². The van der Waals surface area contributed by atoms with Gasteiger partial charge in [0.15, 0.2) is 49.6 Å². The monoisotopic (exact) mass is 908 g/mol. The minimum Gasteiger partial charge on any atom is -0.461 e. The molecule has 0 amide bonds. The average molecular weight is 909 g/mol. The van der Waals surface area contributed by atoms with E-state index in [0.29, 0.717) is 0 Å². The second-order valence-electron chi connectivity index (χ2n) is 14.5. The van der Waals surface area contributed by atoms with Gasteiger partial charge in [0.05, 0.1) is 0 Å². The summed E-state index contributed by atoms with van der Waals surface area (Å²) in [6, 6.07) is 0. The molecule has 0 bridgehead atoms. The van der Waals surface area contributed by atoms with Crippen molar-refractivity contribution in [2.24, 2.45) is 0 Å². The maximum absolute atomic E-state index is 13.5. The largest absolute Gasteiger partial charge is 0.461 e. The van der Waals surface area contributed by atoms with Gasteiger partial charge in [-0.25, -0.2) is 19.2 Å². The summed E-state index contributed by atoms with van der Waals surface area (Å²) >= 11 is 0. The number of carbonyl (C=O) groups is 4. The number of hydrogen-bond donors (Lipinski definition) is 10. The summed E-state index contributed by atoms with van der Waals surface area (Å²) in [6.07, 6.45) is -43.6. The fourth-order valence-corrected chi connectivity index (χ4v) is 6.99. The molecular weight excluding hydrogens is 856 g/mol. The second-order valence-corrected chi connectivity index (χ2v) is 14.5. The topological polar surface area (TPSA) is 400 Å². The smallest absolute Gasteiger partial charge is 0.338 e. The lowest BCUT2D eigenvalue weighted by Gasteiger charge is -2.46. The lowest BCUT2D eigenvalue weighted by atomic mass is 9.95. The molecule has 0 aromatic carbocycles. The van der Waals surface area contributed by atoms with E-state index in [-0.39, 0.29) is 0 Å². The number of cyclic esters (lactones) is 4. The van der Waals surface area contributed by atoms with E-state index < -0.39 is 185 Å². The highest BCUT2D eigenvalue weighted by Gasteiger charge is 2.57. The molecule has 356 valence electrons. The van der Waals surface area contributed by atoms with Gasteiger partial charge in [-0.3, -0.25) is 0 Å². The summed E-state index contributed by atoms with van der Waals surface area (Å²) in [6.45, 7) is -3.96. The van der Waals surface area contributed by atoms with Crippen LogP contribution in [0.25, 0.3) is 0 Å². The van der Waals surface area contributed by atoms with Crippen LogP contribution >= 0.6 is 0 Å². The SMILES string of the molecule is CO[C@H]1O[C@@H]2C(=O)OCC(O)COC(=O)[C@@H]3O[C@@H](OC)C(O)C(O)[C@@H]3O[C@@H]3C(O)C(O)[C@@H](OC)O[C@@H]3C(=O)OCC(O)COC(=O)[C@@H]3O[C@@H](OC)C(O)C(O)[C@@H]3O[C@@H]2C(O)C1O. The van der Waals surface area contributed by atoms with Crippen LogP contribution in [0.3, 0.4) is 0 Å².